The minimum atomic E-state index is -0.191. The molecule has 0 bridgehead atoms. The Labute approximate surface area is 111 Å². The normalized spacial score (nSPS) is 12.9. The zero-order chi connectivity index (χ0) is 13.1. The van der Waals surface area contributed by atoms with E-state index in [2.05, 4.69) is 15.1 Å². The SMILES string of the molecule is CCc1nn(CC)c(CC(N)c2ncc[nH]2)c1Cl. The number of aryl methyl sites for hydroxylation is 2. The molecule has 0 aliphatic rings. The number of hydrogen-bond donors (Lipinski definition) is 2. The molecule has 2 aromatic heterocycles. The van der Waals surface area contributed by atoms with E-state index in [1.807, 2.05) is 18.5 Å². The average molecular weight is 268 g/mol. The molecule has 0 radical (unpaired) electrons. The molecular formula is C12H18ClN5. The van der Waals surface area contributed by atoms with Crippen molar-refractivity contribution < 1.29 is 0 Å². The maximum absolute atomic E-state index is 6.34. The number of hydrogen-bond acceptors (Lipinski definition) is 3. The van der Waals surface area contributed by atoms with Crippen molar-refractivity contribution in [1.82, 2.24) is 19.7 Å². The quantitative estimate of drug-likeness (QED) is 0.871. The van der Waals surface area contributed by atoms with E-state index < -0.39 is 0 Å². The summed E-state index contributed by atoms with van der Waals surface area (Å²) in [6, 6.07) is -0.191. The number of H-pyrrole nitrogens is 1. The van der Waals surface area contributed by atoms with Gasteiger partial charge in [0.15, 0.2) is 0 Å². The molecule has 0 aliphatic heterocycles. The standard InChI is InChI=1S/C12H18ClN5/c1-3-9-11(13)10(18(4-2)17-9)7-8(14)12-15-5-6-16-12/h5-6,8H,3-4,7,14H2,1-2H3,(H,15,16). The topological polar surface area (TPSA) is 72.5 Å². The molecule has 1 atom stereocenters. The lowest BCUT2D eigenvalue weighted by Crippen LogP contribution is -2.17. The van der Waals surface area contributed by atoms with Crippen LogP contribution in [0.15, 0.2) is 12.4 Å². The van der Waals surface area contributed by atoms with E-state index in [-0.39, 0.29) is 6.04 Å². The fraction of sp³-hybridized carbons (Fsp3) is 0.500. The van der Waals surface area contributed by atoms with Crippen molar-refractivity contribution >= 4 is 11.6 Å². The molecule has 0 amide bonds. The van der Waals surface area contributed by atoms with Gasteiger partial charge < -0.3 is 10.7 Å². The van der Waals surface area contributed by atoms with Gasteiger partial charge in [0.05, 0.1) is 22.5 Å². The van der Waals surface area contributed by atoms with Crippen molar-refractivity contribution in [2.75, 3.05) is 0 Å². The first-order valence-corrected chi connectivity index (χ1v) is 6.54. The van der Waals surface area contributed by atoms with Crippen LogP contribution < -0.4 is 5.73 Å². The second-order valence-electron chi connectivity index (χ2n) is 4.16. The Bertz CT molecular complexity index is 503. The Balaban J connectivity index is 2.25. The molecule has 0 fully saturated rings. The van der Waals surface area contributed by atoms with Crippen LogP contribution in [0.2, 0.25) is 5.02 Å². The molecule has 1 unspecified atom stereocenters. The van der Waals surface area contributed by atoms with Gasteiger partial charge in [-0.05, 0) is 13.3 Å². The van der Waals surface area contributed by atoms with Crippen molar-refractivity contribution in [3.8, 4) is 0 Å². The van der Waals surface area contributed by atoms with Crippen LogP contribution in [0, 0.1) is 0 Å². The third-order valence-corrected chi connectivity index (χ3v) is 3.41. The molecule has 0 aromatic carbocycles. The van der Waals surface area contributed by atoms with Crippen LogP contribution in [0.25, 0.3) is 0 Å². The van der Waals surface area contributed by atoms with Gasteiger partial charge in [-0.1, -0.05) is 18.5 Å². The van der Waals surface area contributed by atoms with Crippen molar-refractivity contribution in [3.05, 3.63) is 34.6 Å². The molecule has 0 saturated carbocycles. The fourth-order valence-electron chi connectivity index (χ4n) is 2.00. The highest BCUT2D eigenvalue weighted by molar-refractivity contribution is 6.31. The largest absolute Gasteiger partial charge is 0.347 e. The highest BCUT2D eigenvalue weighted by Crippen LogP contribution is 2.25. The molecule has 6 heteroatoms. The first kappa shape index (κ1) is 13.1. The van der Waals surface area contributed by atoms with Crippen molar-refractivity contribution in [3.63, 3.8) is 0 Å². The zero-order valence-electron chi connectivity index (χ0n) is 10.7. The minimum Gasteiger partial charge on any atom is -0.347 e. The second kappa shape index (κ2) is 5.54. The van der Waals surface area contributed by atoms with Crippen molar-refractivity contribution in [1.29, 1.82) is 0 Å². The van der Waals surface area contributed by atoms with Gasteiger partial charge in [0, 0.05) is 25.4 Å². The molecular weight excluding hydrogens is 250 g/mol. The summed E-state index contributed by atoms with van der Waals surface area (Å²) in [5.74, 6) is 0.771. The summed E-state index contributed by atoms with van der Waals surface area (Å²) < 4.78 is 1.92. The molecule has 5 nitrogen and oxygen atoms in total. The molecule has 0 saturated heterocycles. The Morgan fingerprint density at radius 3 is 2.83 bits per heavy atom. The van der Waals surface area contributed by atoms with E-state index in [0.717, 1.165) is 35.2 Å². The van der Waals surface area contributed by atoms with Gasteiger partial charge in [-0.15, -0.1) is 0 Å². The van der Waals surface area contributed by atoms with Gasteiger partial charge in [-0.3, -0.25) is 4.68 Å². The van der Waals surface area contributed by atoms with E-state index in [4.69, 9.17) is 17.3 Å². The first-order valence-electron chi connectivity index (χ1n) is 6.16. The Kier molecular flexibility index (Phi) is 4.04. The highest BCUT2D eigenvalue weighted by atomic mass is 35.5. The van der Waals surface area contributed by atoms with Gasteiger partial charge in [0.25, 0.3) is 0 Å². The summed E-state index contributed by atoms with van der Waals surface area (Å²) in [4.78, 5) is 7.20. The number of rotatable bonds is 5. The number of aromatic amines is 1. The number of nitrogens with two attached hydrogens (primary N) is 1. The number of imidazole rings is 1. The number of aromatic nitrogens is 4. The van der Waals surface area contributed by atoms with Crippen LogP contribution >= 0.6 is 11.6 Å². The average Bonchev–Trinajstić information content (AvgIpc) is 2.99. The van der Waals surface area contributed by atoms with Crippen LogP contribution in [-0.2, 0) is 19.4 Å². The number of nitrogens with one attached hydrogen (secondary N) is 1. The van der Waals surface area contributed by atoms with Gasteiger partial charge in [0.2, 0.25) is 0 Å². The molecule has 3 N–H and O–H groups in total. The maximum Gasteiger partial charge on any atom is 0.123 e. The molecule has 2 rings (SSSR count). The van der Waals surface area contributed by atoms with E-state index in [9.17, 15) is 0 Å². The lowest BCUT2D eigenvalue weighted by molar-refractivity contribution is 0.576. The Morgan fingerprint density at radius 2 is 2.28 bits per heavy atom. The van der Waals surface area contributed by atoms with Crippen molar-refractivity contribution in [2.45, 2.75) is 39.3 Å². The Hall–Kier alpha value is -1.33. The summed E-state index contributed by atoms with van der Waals surface area (Å²) in [5, 5.41) is 5.22. The highest BCUT2D eigenvalue weighted by Gasteiger charge is 2.18. The number of nitrogens with zero attached hydrogens (tertiary/aromatic N) is 3. The minimum absolute atomic E-state index is 0.191. The monoisotopic (exact) mass is 267 g/mol. The predicted octanol–water partition coefficient (Wildman–Crippen LogP) is 2.08. The van der Waals surface area contributed by atoms with E-state index in [1.54, 1.807) is 12.4 Å². The smallest absolute Gasteiger partial charge is 0.123 e. The van der Waals surface area contributed by atoms with Crippen molar-refractivity contribution in [2.24, 2.45) is 5.73 Å². The van der Waals surface area contributed by atoms with Crippen LogP contribution in [-0.4, -0.2) is 19.7 Å². The lowest BCUT2D eigenvalue weighted by atomic mass is 10.1. The van der Waals surface area contributed by atoms with Crippen LogP contribution in [0.3, 0.4) is 0 Å². The van der Waals surface area contributed by atoms with Crippen LogP contribution in [0.5, 0.6) is 0 Å². The summed E-state index contributed by atoms with van der Waals surface area (Å²) in [7, 11) is 0. The third-order valence-electron chi connectivity index (χ3n) is 2.98. The maximum atomic E-state index is 6.34. The van der Waals surface area contributed by atoms with E-state index in [1.165, 1.54) is 0 Å². The summed E-state index contributed by atoms with van der Waals surface area (Å²) in [6.45, 7) is 4.88. The van der Waals surface area contributed by atoms with E-state index >= 15 is 0 Å². The fourth-order valence-corrected chi connectivity index (χ4v) is 2.34. The van der Waals surface area contributed by atoms with Gasteiger partial charge >= 0.3 is 0 Å². The third kappa shape index (κ3) is 2.42. The summed E-state index contributed by atoms with van der Waals surface area (Å²) in [5.41, 5.74) is 8.04. The molecule has 98 valence electrons. The molecule has 18 heavy (non-hydrogen) atoms. The van der Waals surface area contributed by atoms with Gasteiger partial charge in [0.1, 0.15) is 5.82 Å². The molecule has 2 aromatic rings. The molecule has 0 aliphatic carbocycles. The second-order valence-corrected chi connectivity index (χ2v) is 4.54. The van der Waals surface area contributed by atoms with Gasteiger partial charge in [-0.2, -0.15) is 5.10 Å². The Morgan fingerprint density at radius 1 is 1.50 bits per heavy atom. The first-order chi connectivity index (χ1) is 8.67. The van der Waals surface area contributed by atoms with E-state index in [0.29, 0.717) is 6.42 Å². The number of halogens is 1. The lowest BCUT2D eigenvalue weighted by Gasteiger charge is -2.10. The predicted molar refractivity (Wildman–Crippen MR) is 71.5 cm³/mol. The molecule has 0 spiro atoms. The van der Waals surface area contributed by atoms with Gasteiger partial charge in [-0.25, -0.2) is 4.98 Å². The van der Waals surface area contributed by atoms with Crippen LogP contribution in [0.1, 0.15) is 37.1 Å². The summed E-state index contributed by atoms with van der Waals surface area (Å²) >= 11 is 6.34. The zero-order valence-corrected chi connectivity index (χ0v) is 11.4. The summed E-state index contributed by atoms with van der Waals surface area (Å²) in [6.07, 6.45) is 4.93. The molecule has 2 heterocycles. The van der Waals surface area contributed by atoms with Crippen LogP contribution in [0.4, 0.5) is 0 Å².